The van der Waals surface area contributed by atoms with E-state index in [1.807, 2.05) is 0 Å². The molecule has 7 heteroatoms. The molecule has 0 heterocycles. The van der Waals surface area contributed by atoms with Crippen molar-refractivity contribution < 1.29 is 21.6 Å². The standard InChI is InChI=1S/C22H20O5S2/c1-17-12-14-20(15-13-17)28(24,25)16-29(26,27)22(19-10-6-3-7-11-19)21(23)18-8-4-2-5-9-18/h2-15,22H,16H2,1H3. The van der Waals surface area contributed by atoms with Gasteiger partial charge in [-0.2, -0.15) is 0 Å². The summed E-state index contributed by atoms with van der Waals surface area (Å²) in [6, 6.07) is 21.9. The number of carbonyl (C=O) groups is 1. The number of ketones is 1. The maximum Gasteiger partial charge on any atom is 0.192 e. The van der Waals surface area contributed by atoms with E-state index in [0.717, 1.165) is 5.56 Å². The van der Waals surface area contributed by atoms with Gasteiger partial charge in [0.25, 0.3) is 0 Å². The van der Waals surface area contributed by atoms with Gasteiger partial charge in [-0.1, -0.05) is 78.4 Å². The first-order valence-electron chi connectivity index (χ1n) is 8.86. The fourth-order valence-corrected chi connectivity index (χ4v) is 7.40. The van der Waals surface area contributed by atoms with Gasteiger partial charge in [0, 0.05) is 5.56 Å². The monoisotopic (exact) mass is 428 g/mol. The van der Waals surface area contributed by atoms with Gasteiger partial charge >= 0.3 is 0 Å². The van der Waals surface area contributed by atoms with Gasteiger partial charge in [0.1, 0.15) is 0 Å². The van der Waals surface area contributed by atoms with Crippen molar-refractivity contribution in [3.8, 4) is 0 Å². The summed E-state index contributed by atoms with van der Waals surface area (Å²) in [5, 5.41) is -2.76. The normalized spacial score (nSPS) is 13.0. The van der Waals surface area contributed by atoms with Gasteiger partial charge in [-0.15, -0.1) is 0 Å². The number of carbonyl (C=O) groups excluding carboxylic acids is 1. The molecule has 1 unspecified atom stereocenters. The van der Waals surface area contributed by atoms with Gasteiger partial charge in [-0.25, -0.2) is 16.8 Å². The molecule has 0 spiro atoms. The van der Waals surface area contributed by atoms with Crippen molar-refractivity contribution >= 4 is 25.5 Å². The summed E-state index contributed by atoms with van der Waals surface area (Å²) in [6.45, 7) is 1.80. The lowest BCUT2D eigenvalue weighted by molar-refractivity contribution is 0.0987. The minimum absolute atomic E-state index is 0.0920. The van der Waals surface area contributed by atoms with E-state index in [2.05, 4.69) is 0 Å². The Morgan fingerprint density at radius 1 is 0.759 bits per heavy atom. The molecular weight excluding hydrogens is 408 g/mol. The lowest BCUT2D eigenvalue weighted by Crippen LogP contribution is -2.28. The topological polar surface area (TPSA) is 85.3 Å². The molecule has 0 radical (unpaired) electrons. The number of hydrogen-bond acceptors (Lipinski definition) is 5. The molecule has 0 saturated carbocycles. The van der Waals surface area contributed by atoms with Crippen LogP contribution in [0.5, 0.6) is 0 Å². The van der Waals surface area contributed by atoms with Crippen molar-refractivity contribution in [1.29, 1.82) is 0 Å². The second-order valence-electron chi connectivity index (χ2n) is 6.73. The Labute approximate surface area is 170 Å². The summed E-state index contributed by atoms with van der Waals surface area (Å²) in [5.74, 6) is -0.657. The molecule has 0 aromatic heterocycles. The number of aryl methyl sites for hydroxylation is 1. The van der Waals surface area contributed by atoms with Crippen molar-refractivity contribution in [1.82, 2.24) is 0 Å². The molecule has 150 valence electrons. The minimum Gasteiger partial charge on any atom is -0.292 e. The highest BCUT2D eigenvalue weighted by Crippen LogP contribution is 2.29. The van der Waals surface area contributed by atoms with Crippen LogP contribution in [0.4, 0.5) is 0 Å². The average molecular weight is 429 g/mol. The Kier molecular flexibility index (Phi) is 6.00. The third-order valence-corrected chi connectivity index (χ3v) is 9.21. The SMILES string of the molecule is Cc1ccc(S(=O)(=O)CS(=O)(=O)C(C(=O)c2ccccc2)c2ccccc2)cc1. The third kappa shape index (κ3) is 4.81. The molecule has 0 saturated heterocycles. The molecule has 0 aliphatic heterocycles. The summed E-state index contributed by atoms with van der Waals surface area (Å²) >= 11 is 0. The quantitative estimate of drug-likeness (QED) is 0.535. The van der Waals surface area contributed by atoms with Crippen LogP contribution < -0.4 is 0 Å². The molecule has 0 amide bonds. The van der Waals surface area contributed by atoms with Gasteiger partial charge < -0.3 is 0 Å². The lowest BCUT2D eigenvalue weighted by Gasteiger charge is -2.17. The summed E-state index contributed by atoms with van der Waals surface area (Å²) < 4.78 is 51.9. The van der Waals surface area contributed by atoms with Crippen molar-refractivity contribution in [2.24, 2.45) is 0 Å². The van der Waals surface area contributed by atoms with Crippen LogP contribution in [0.1, 0.15) is 26.7 Å². The van der Waals surface area contributed by atoms with Crippen molar-refractivity contribution in [2.75, 3.05) is 5.08 Å². The molecule has 0 bridgehead atoms. The van der Waals surface area contributed by atoms with Gasteiger partial charge in [-0.3, -0.25) is 4.79 Å². The molecule has 3 aromatic carbocycles. The molecule has 1 atom stereocenters. The van der Waals surface area contributed by atoms with E-state index in [1.165, 1.54) is 36.4 Å². The van der Waals surface area contributed by atoms with E-state index in [1.54, 1.807) is 55.5 Å². The van der Waals surface area contributed by atoms with Crippen LogP contribution in [0.15, 0.2) is 89.8 Å². The smallest absolute Gasteiger partial charge is 0.192 e. The highest BCUT2D eigenvalue weighted by atomic mass is 32.3. The van der Waals surface area contributed by atoms with Crippen LogP contribution in [0.2, 0.25) is 0 Å². The van der Waals surface area contributed by atoms with E-state index in [4.69, 9.17) is 0 Å². The zero-order chi connectivity index (χ0) is 21.1. The summed E-state index contributed by atoms with van der Waals surface area (Å²) in [4.78, 5) is 13.0. The first-order chi connectivity index (χ1) is 13.7. The zero-order valence-corrected chi connectivity index (χ0v) is 17.4. The van der Waals surface area contributed by atoms with E-state index in [0.29, 0.717) is 0 Å². The summed E-state index contributed by atoms with van der Waals surface area (Å²) in [6.07, 6.45) is 0. The molecule has 3 aromatic rings. The fraction of sp³-hybridized carbons (Fsp3) is 0.136. The Morgan fingerprint density at radius 2 is 1.28 bits per heavy atom. The molecule has 5 nitrogen and oxygen atoms in total. The van der Waals surface area contributed by atoms with Gasteiger partial charge in [0.15, 0.2) is 35.8 Å². The van der Waals surface area contributed by atoms with Crippen molar-refractivity contribution in [3.05, 3.63) is 102 Å². The maximum absolute atomic E-state index is 13.2. The second kappa shape index (κ2) is 8.31. The first kappa shape index (κ1) is 21.0. The predicted molar refractivity (Wildman–Crippen MR) is 112 cm³/mol. The van der Waals surface area contributed by atoms with E-state index >= 15 is 0 Å². The van der Waals surface area contributed by atoms with E-state index in [-0.39, 0.29) is 16.0 Å². The van der Waals surface area contributed by atoms with Crippen LogP contribution in [0, 0.1) is 6.92 Å². The van der Waals surface area contributed by atoms with Crippen LogP contribution >= 0.6 is 0 Å². The van der Waals surface area contributed by atoms with Crippen molar-refractivity contribution in [3.63, 3.8) is 0 Å². The predicted octanol–water partition coefficient (Wildman–Crippen LogP) is 3.77. The van der Waals surface area contributed by atoms with E-state index < -0.39 is 35.8 Å². The van der Waals surface area contributed by atoms with E-state index in [9.17, 15) is 21.6 Å². The third-order valence-electron chi connectivity index (χ3n) is 4.46. The van der Waals surface area contributed by atoms with Crippen LogP contribution in [0.25, 0.3) is 0 Å². The lowest BCUT2D eigenvalue weighted by atomic mass is 10.0. The summed E-state index contributed by atoms with van der Waals surface area (Å²) in [7, 11) is -8.52. The van der Waals surface area contributed by atoms with Crippen molar-refractivity contribution in [2.45, 2.75) is 17.1 Å². The molecule has 0 aliphatic carbocycles. The van der Waals surface area contributed by atoms with Gasteiger partial charge in [0.05, 0.1) is 4.90 Å². The number of sulfone groups is 2. The van der Waals surface area contributed by atoms with Gasteiger partial charge in [0.2, 0.25) is 0 Å². The Hall–Kier alpha value is -2.77. The van der Waals surface area contributed by atoms with Crippen LogP contribution in [-0.4, -0.2) is 27.7 Å². The molecular formula is C22H20O5S2. The number of rotatable bonds is 7. The Morgan fingerprint density at radius 3 is 1.83 bits per heavy atom. The van der Waals surface area contributed by atoms with Crippen LogP contribution in [0.3, 0.4) is 0 Å². The number of benzene rings is 3. The Balaban J connectivity index is 2.05. The van der Waals surface area contributed by atoms with Crippen LogP contribution in [-0.2, 0) is 19.7 Å². The largest absolute Gasteiger partial charge is 0.292 e. The maximum atomic E-state index is 13.2. The zero-order valence-electron chi connectivity index (χ0n) is 15.7. The highest BCUT2D eigenvalue weighted by molar-refractivity contribution is 8.08. The average Bonchev–Trinajstić information content (AvgIpc) is 2.69. The Bertz CT molecular complexity index is 1200. The second-order valence-corrected chi connectivity index (χ2v) is 11.2. The number of Topliss-reactive ketones (excluding diaryl/α,β-unsaturated/α-hetero) is 1. The molecule has 0 fully saturated rings. The van der Waals surface area contributed by atoms with Gasteiger partial charge in [-0.05, 0) is 24.6 Å². The minimum atomic E-state index is -4.38. The summed E-state index contributed by atoms with van der Waals surface area (Å²) in [5.41, 5.74) is 1.30. The molecule has 0 N–H and O–H groups in total. The fourth-order valence-electron chi connectivity index (χ4n) is 3.00. The number of hydrogen-bond donors (Lipinski definition) is 0. The molecule has 29 heavy (non-hydrogen) atoms. The molecule has 0 aliphatic rings. The molecule has 3 rings (SSSR count). The first-order valence-corrected chi connectivity index (χ1v) is 12.2. The highest BCUT2D eigenvalue weighted by Gasteiger charge is 2.38.